The number of alkyl halides is 3. The topological polar surface area (TPSA) is 46.2 Å². The van der Waals surface area contributed by atoms with E-state index < -0.39 is 28.2 Å². The van der Waals surface area contributed by atoms with Gasteiger partial charge in [-0.2, -0.15) is 13.2 Å². The molecule has 1 saturated carbocycles. The standard InChI is InChI=1S/C13H15BrF3NO2S/c14-9-4-3-5-10(8-9)21(19,20)18-12-7-2-1-6-11(12)13(15,16)17/h3-5,8,11-12,18H,1-2,6-7H2. The number of halogens is 4. The second kappa shape index (κ2) is 6.26. The van der Waals surface area contributed by atoms with Crippen molar-refractivity contribution in [3.8, 4) is 0 Å². The molecule has 0 radical (unpaired) electrons. The average Bonchev–Trinajstić information content (AvgIpc) is 2.37. The van der Waals surface area contributed by atoms with E-state index in [1.165, 1.54) is 18.2 Å². The van der Waals surface area contributed by atoms with Gasteiger partial charge in [0.25, 0.3) is 0 Å². The lowest BCUT2D eigenvalue weighted by molar-refractivity contribution is -0.187. The Bertz CT molecular complexity index is 604. The predicted octanol–water partition coefficient (Wildman–Crippen LogP) is 3.85. The van der Waals surface area contributed by atoms with E-state index in [9.17, 15) is 21.6 Å². The minimum absolute atomic E-state index is 0.0326. The molecule has 21 heavy (non-hydrogen) atoms. The molecule has 2 rings (SSSR count). The van der Waals surface area contributed by atoms with Gasteiger partial charge < -0.3 is 0 Å². The second-order valence-electron chi connectivity index (χ2n) is 5.12. The molecule has 2 unspecified atom stereocenters. The molecular weight excluding hydrogens is 371 g/mol. The number of benzene rings is 1. The third-order valence-corrected chi connectivity index (χ3v) is 5.58. The monoisotopic (exact) mass is 385 g/mol. The summed E-state index contributed by atoms with van der Waals surface area (Å²) in [5.41, 5.74) is 0. The third-order valence-electron chi connectivity index (χ3n) is 3.60. The van der Waals surface area contributed by atoms with Gasteiger partial charge >= 0.3 is 6.18 Å². The van der Waals surface area contributed by atoms with Crippen LogP contribution in [0.5, 0.6) is 0 Å². The number of hydrogen-bond acceptors (Lipinski definition) is 2. The smallest absolute Gasteiger partial charge is 0.207 e. The van der Waals surface area contributed by atoms with Crippen LogP contribution in [-0.2, 0) is 10.0 Å². The van der Waals surface area contributed by atoms with Gasteiger partial charge in [-0.1, -0.05) is 34.8 Å². The van der Waals surface area contributed by atoms with Crippen molar-refractivity contribution in [2.45, 2.75) is 42.8 Å². The van der Waals surface area contributed by atoms with E-state index in [4.69, 9.17) is 0 Å². The fraction of sp³-hybridized carbons (Fsp3) is 0.538. The van der Waals surface area contributed by atoms with E-state index in [1.54, 1.807) is 6.07 Å². The molecule has 0 bridgehead atoms. The molecule has 1 N–H and O–H groups in total. The molecule has 0 heterocycles. The maximum atomic E-state index is 13.0. The first-order valence-corrected chi connectivity index (χ1v) is 8.82. The van der Waals surface area contributed by atoms with Gasteiger partial charge in [0.1, 0.15) is 0 Å². The zero-order valence-electron chi connectivity index (χ0n) is 11.0. The third kappa shape index (κ3) is 4.20. The molecule has 0 aliphatic heterocycles. The van der Waals surface area contributed by atoms with Gasteiger partial charge in [0, 0.05) is 10.5 Å². The van der Waals surface area contributed by atoms with Crippen LogP contribution in [0.2, 0.25) is 0 Å². The first kappa shape index (κ1) is 16.8. The van der Waals surface area contributed by atoms with Crippen molar-refractivity contribution < 1.29 is 21.6 Å². The highest BCUT2D eigenvalue weighted by atomic mass is 79.9. The van der Waals surface area contributed by atoms with Crippen LogP contribution in [0.4, 0.5) is 13.2 Å². The van der Waals surface area contributed by atoms with Gasteiger partial charge in [0.15, 0.2) is 0 Å². The maximum Gasteiger partial charge on any atom is 0.393 e. The molecule has 1 aromatic carbocycles. The summed E-state index contributed by atoms with van der Waals surface area (Å²) >= 11 is 3.15. The molecule has 0 spiro atoms. The van der Waals surface area contributed by atoms with Crippen molar-refractivity contribution >= 4 is 26.0 Å². The van der Waals surface area contributed by atoms with Crippen LogP contribution in [0.3, 0.4) is 0 Å². The minimum atomic E-state index is -4.38. The summed E-state index contributed by atoms with van der Waals surface area (Å²) in [4.78, 5) is -0.0385. The quantitative estimate of drug-likeness (QED) is 0.858. The summed E-state index contributed by atoms with van der Waals surface area (Å²) in [5.74, 6) is -1.62. The Morgan fingerprint density at radius 1 is 1.19 bits per heavy atom. The summed E-state index contributed by atoms with van der Waals surface area (Å²) in [6.07, 6.45) is -3.14. The molecule has 118 valence electrons. The summed E-state index contributed by atoms with van der Waals surface area (Å²) in [6.45, 7) is 0. The van der Waals surface area contributed by atoms with Gasteiger partial charge in [-0.15, -0.1) is 0 Å². The van der Waals surface area contributed by atoms with Crippen molar-refractivity contribution in [3.63, 3.8) is 0 Å². The Morgan fingerprint density at radius 2 is 1.86 bits per heavy atom. The first-order valence-electron chi connectivity index (χ1n) is 6.55. The van der Waals surface area contributed by atoms with Crippen LogP contribution in [0.15, 0.2) is 33.6 Å². The van der Waals surface area contributed by atoms with Crippen molar-refractivity contribution in [2.75, 3.05) is 0 Å². The molecule has 0 aromatic heterocycles. The van der Waals surface area contributed by atoms with Crippen LogP contribution in [-0.4, -0.2) is 20.6 Å². The van der Waals surface area contributed by atoms with Gasteiger partial charge in [0.2, 0.25) is 10.0 Å². The zero-order chi connectivity index (χ0) is 15.7. The highest BCUT2D eigenvalue weighted by Crippen LogP contribution is 2.38. The summed E-state index contributed by atoms with van der Waals surface area (Å²) < 4.78 is 66.2. The lowest BCUT2D eigenvalue weighted by atomic mass is 9.85. The van der Waals surface area contributed by atoms with Crippen molar-refractivity contribution in [2.24, 2.45) is 5.92 Å². The van der Waals surface area contributed by atoms with Crippen molar-refractivity contribution in [1.82, 2.24) is 4.72 Å². The molecule has 1 aliphatic carbocycles. The van der Waals surface area contributed by atoms with E-state index >= 15 is 0 Å². The molecule has 0 amide bonds. The fourth-order valence-electron chi connectivity index (χ4n) is 2.57. The average molecular weight is 386 g/mol. The molecule has 1 fully saturated rings. The molecular formula is C13H15BrF3NO2S. The zero-order valence-corrected chi connectivity index (χ0v) is 13.4. The SMILES string of the molecule is O=S(=O)(NC1CCCCC1C(F)(F)F)c1cccc(Br)c1. The Balaban J connectivity index is 2.22. The lowest BCUT2D eigenvalue weighted by Gasteiger charge is -2.33. The fourth-order valence-corrected chi connectivity index (χ4v) is 4.47. The van der Waals surface area contributed by atoms with Crippen LogP contribution in [0.25, 0.3) is 0 Å². The molecule has 1 aromatic rings. The largest absolute Gasteiger partial charge is 0.393 e. The first-order chi connectivity index (χ1) is 9.70. The maximum absolute atomic E-state index is 13.0. The molecule has 3 nitrogen and oxygen atoms in total. The number of rotatable bonds is 3. The Hall–Kier alpha value is -0.600. The predicted molar refractivity (Wildman–Crippen MR) is 76.3 cm³/mol. The summed E-state index contributed by atoms with van der Waals surface area (Å²) in [5, 5.41) is 0. The number of hydrogen-bond donors (Lipinski definition) is 1. The summed E-state index contributed by atoms with van der Waals surface area (Å²) in [6, 6.07) is 4.81. The highest BCUT2D eigenvalue weighted by molar-refractivity contribution is 9.10. The van der Waals surface area contributed by atoms with E-state index in [0.29, 0.717) is 17.3 Å². The lowest BCUT2D eigenvalue weighted by Crippen LogP contribution is -2.47. The van der Waals surface area contributed by atoms with E-state index in [0.717, 1.165) is 0 Å². The van der Waals surface area contributed by atoms with E-state index in [-0.39, 0.29) is 17.7 Å². The van der Waals surface area contributed by atoms with Crippen LogP contribution >= 0.6 is 15.9 Å². The van der Waals surface area contributed by atoms with Crippen LogP contribution in [0.1, 0.15) is 25.7 Å². The van der Waals surface area contributed by atoms with E-state index in [1.807, 2.05) is 0 Å². The molecule has 0 saturated heterocycles. The second-order valence-corrected chi connectivity index (χ2v) is 7.75. The van der Waals surface area contributed by atoms with E-state index in [2.05, 4.69) is 20.7 Å². The number of sulfonamides is 1. The van der Waals surface area contributed by atoms with Gasteiger partial charge in [-0.05, 0) is 31.0 Å². The van der Waals surface area contributed by atoms with Gasteiger partial charge in [-0.25, -0.2) is 13.1 Å². The van der Waals surface area contributed by atoms with Crippen molar-refractivity contribution in [3.05, 3.63) is 28.7 Å². The molecule has 2 atom stereocenters. The van der Waals surface area contributed by atoms with Crippen LogP contribution in [0, 0.1) is 5.92 Å². The van der Waals surface area contributed by atoms with Crippen molar-refractivity contribution in [1.29, 1.82) is 0 Å². The molecule has 8 heteroatoms. The number of nitrogens with one attached hydrogen (secondary N) is 1. The minimum Gasteiger partial charge on any atom is -0.207 e. The Labute approximate surface area is 130 Å². The Kier molecular flexibility index (Phi) is 4.99. The Morgan fingerprint density at radius 3 is 2.48 bits per heavy atom. The van der Waals surface area contributed by atoms with Gasteiger partial charge in [0.05, 0.1) is 10.8 Å². The normalized spacial score (nSPS) is 24.0. The molecule has 1 aliphatic rings. The summed E-state index contributed by atoms with van der Waals surface area (Å²) in [7, 11) is -3.96. The van der Waals surface area contributed by atoms with Crippen LogP contribution < -0.4 is 4.72 Å². The van der Waals surface area contributed by atoms with Gasteiger partial charge in [-0.3, -0.25) is 0 Å². The highest BCUT2D eigenvalue weighted by Gasteiger charge is 2.46.